The molecule has 0 saturated heterocycles. The number of fused-ring (bicyclic) bond motifs is 2. The molecule has 8 heteroatoms. The van der Waals surface area contributed by atoms with Gasteiger partial charge in [0.05, 0.1) is 23.3 Å². The van der Waals surface area contributed by atoms with Gasteiger partial charge in [0.15, 0.2) is 10.8 Å². The minimum Gasteiger partial charge on any atom is -0.383 e. The van der Waals surface area contributed by atoms with Gasteiger partial charge in [-0.15, -0.1) is 0 Å². The van der Waals surface area contributed by atoms with Crippen molar-refractivity contribution in [3.8, 4) is 11.3 Å². The van der Waals surface area contributed by atoms with E-state index in [1.54, 1.807) is 10.7 Å². The van der Waals surface area contributed by atoms with Gasteiger partial charge in [-0.2, -0.15) is 5.10 Å². The predicted molar refractivity (Wildman–Crippen MR) is 109 cm³/mol. The minimum atomic E-state index is -0.0602. The molecule has 0 spiro atoms. The van der Waals surface area contributed by atoms with Crippen LogP contribution in [0, 0.1) is 0 Å². The smallest absolute Gasteiger partial charge is 0.155 e. The maximum atomic E-state index is 6.26. The summed E-state index contributed by atoms with van der Waals surface area (Å²) in [7, 11) is 0. The van der Waals surface area contributed by atoms with E-state index in [9.17, 15) is 0 Å². The molecule has 0 aliphatic heterocycles. The number of aromatic nitrogens is 6. The fourth-order valence-corrected chi connectivity index (χ4v) is 3.67. The van der Waals surface area contributed by atoms with Gasteiger partial charge < -0.3 is 10.3 Å². The number of imidazole rings is 1. The lowest BCUT2D eigenvalue weighted by Gasteiger charge is -2.19. The van der Waals surface area contributed by atoms with Gasteiger partial charge in [0, 0.05) is 17.3 Å². The van der Waals surface area contributed by atoms with E-state index in [1.165, 1.54) is 6.33 Å². The maximum Gasteiger partial charge on any atom is 0.155 e. The van der Waals surface area contributed by atoms with Crippen LogP contribution in [0.2, 0.25) is 5.15 Å². The van der Waals surface area contributed by atoms with Gasteiger partial charge in [0.1, 0.15) is 17.8 Å². The fourth-order valence-electron chi connectivity index (χ4n) is 3.49. The second-order valence-corrected chi connectivity index (χ2v) is 6.95. The zero-order valence-electron chi connectivity index (χ0n) is 15.0. The van der Waals surface area contributed by atoms with Gasteiger partial charge >= 0.3 is 0 Å². The second kappa shape index (κ2) is 6.31. The molecule has 7 nitrogen and oxygen atoms in total. The van der Waals surface area contributed by atoms with E-state index in [0.29, 0.717) is 16.6 Å². The van der Waals surface area contributed by atoms with Crippen LogP contribution in [0.4, 0.5) is 5.82 Å². The minimum absolute atomic E-state index is 0.0602. The summed E-state index contributed by atoms with van der Waals surface area (Å²) in [5, 5.41) is 6.08. The van der Waals surface area contributed by atoms with Crippen molar-refractivity contribution in [3.63, 3.8) is 0 Å². The highest BCUT2D eigenvalue weighted by Crippen LogP contribution is 2.32. The Morgan fingerprint density at radius 1 is 1.07 bits per heavy atom. The predicted octanol–water partition coefficient (Wildman–Crippen LogP) is 3.99. The number of nitrogens with zero attached hydrogens (tertiary/aromatic N) is 6. The molecule has 0 saturated carbocycles. The zero-order chi connectivity index (χ0) is 19.3. The Balaban J connectivity index is 1.76. The lowest BCUT2D eigenvalue weighted by Crippen LogP contribution is -2.11. The van der Waals surface area contributed by atoms with Crippen LogP contribution in [0.25, 0.3) is 27.9 Å². The summed E-state index contributed by atoms with van der Waals surface area (Å²) < 4.78 is 3.71. The molecule has 1 aromatic carbocycles. The molecule has 0 aliphatic carbocycles. The molecule has 0 radical (unpaired) electrons. The number of anilines is 1. The number of hydrogen-bond acceptors (Lipinski definition) is 5. The molecule has 5 rings (SSSR count). The summed E-state index contributed by atoms with van der Waals surface area (Å²) in [6.45, 7) is 2.10. The summed E-state index contributed by atoms with van der Waals surface area (Å²) in [6, 6.07) is 13.9. The molecular weight excluding hydrogens is 374 g/mol. The Bertz CT molecular complexity index is 1310. The summed E-state index contributed by atoms with van der Waals surface area (Å²) in [4.78, 5) is 12.9. The number of benzene rings is 1. The van der Waals surface area contributed by atoms with Gasteiger partial charge in [-0.05, 0) is 19.1 Å². The zero-order valence-corrected chi connectivity index (χ0v) is 15.7. The molecule has 4 aromatic heterocycles. The average Bonchev–Trinajstić information content (AvgIpc) is 3.32. The highest BCUT2D eigenvalue weighted by molar-refractivity contribution is 6.29. The third-order valence-corrected chi connectivity index (χ3v) is 5.19. The first-order valence-corrected chi connectivity index (χ1v) is 9.18. The molecule has 4 heterocycles. The molecule has 0 bridgehead atoms. The van der Waals surface area contributed by atoms with E-state index >= 15 is 0 Å². The molecule has 2 N–H and O–H groups in total. The van der Waals surface area contributed by atoms with Crippen molar-refractivity contribution in [2.24, 2.45) is 0 Å². The van der Waals surface area contributed by atoms with Crippen LogP contribution in [0.15, 0.2) is 61.2 Å². The van der Waals surface area contributed by atoms with Crippen molar-refractivity contribution in [3.05, 3.63) is 71.9 Å². The number of nitrogens with two attached hydrogens (primary N) is 1. The van der Waals surface area contributed by atoms with Gasteiger partial charge in [0.25, 0.3) is 0 Å². The summed E-state index contributed by atoms with van der Waals surface area (Å²) in [5.41, 5.74) is 10.3. The topological polar surface area (TPSA) is 86.9 Å². The Hall–Kier alpha value is -3.45. The first-order valence-electron chi connectivity index (χ1n) is 8.80. The normalized spacial score (nSPS) is 12.6. The van der Waals surface area contributed by atoms with E-state index in [1.807, 2.05) is 48.7 Å². The number of halogens is 1. The van der Waals surface area contributed by atoms with Crippen LogP contribution in [0.5, 0.6) is 0 Å². The molecule has 1 atom stereocenters. The summed E-state index contributed by atoms with van der Waals surface area (Å²) >= 11 is 6.26. The van der Waals surface area contributed by atoms with Gasteiger partial charge in [-0.1, -0.05) is 41.9 Å². The van der Waals surface area contributed by atoms with E-state index in [4.69, 9.17) is 22.4 Å². The van der Waals surface area contributed by atoms with Gasteiger partial charge in [0.2, 0.25) is 0 Å². The number of nitrogen functional groups attached to an aromatic ring is 1. The SMILES string of the molecule is CC(c1cc2ncc(Cl)n2nc1-c1ccccc1)n1ccc2c(N)ncnc21. The van der Waals surface area contributed by atoms with Crippen molar-refractivity contribution in [1.29, 1.82) is 0 Å². The van der Waals surface area contributed by atoms with Crippen molar-refractivity contribution >= 4 is 34.1 Å². The van der Waals surface area contributed by atoms with Crippen LogP contribution >= 0.6 is 11.6 Å². The standard InChI is InChI=1S/C20H16ClN7/c1-12(27-8-7-14-19(22)24-11-25-20(14)27)15-9-17-23-10-16(21)28(17)26-18(15)13-5-3-2-4-6-13/h2-12H,1H3,(H2,22,24,25). The van der Waals surface area contributed by atoms with Crippen LogP contribution < -0.4 is 5.73 Å². The van der Waals surface area contributed by atoms with Crippen LogP contribution in [0.1, 0.15) is 18.5 Å². The highest BCUT2D eigenvalue weighted by atomic mass is 35.5. The van der Waals surface area contributed by atoms with Gasteiger partial charge in [-0.3, -0.25) is 0 Å². The fraction of sp³-hybridized carbons (Fsp3) is 0.100. The molecule has 0 aliphatic rings. The summed E-state index contributed by atoms with van der Waals surface area (Å²) in [5.74, 6) is 0.466. The van der Waals surface area contributed by atoms with Crippen LogP contribution in [-0.2, 0) is 0 Å². The molecule has 138 valence electrons. The molecule has 28 heavy (non-hydrogen) atoms. The first-order chi connectivity index (χ1) is 13.6. The monoisotopic (exact) mass is 389 g/mol. The quantitative estimate of drug-likeness (QED) is 0.504. The van der Waals surface area contributed by atoms with E-state index in [2.05, 4.69) is 26.4 Å². The van der Waals surface area contributed by atoms with Crippen LogP contribution in [0.3, 0.4) is 0 Å². The van der Waals surface area contributed by atoms with Crippen molar-refractivity contribution in [2.45, 2.75) is 13.0 Å². The molecular formula is C20H16ClN7. The van der Waals surface area contributed by atoms with Gasteiger partial charge in [-0.25, -0.2) is 19.5 Å². The Kier molecular flexibility index (Phi) is 3.77. The first kappa shape index (κ1) is 16.7. The highest BCUT2D eigenvalue weighted by Gasteiger charge is 2.20. The van der Waals surface area contributed by atoms with Crippen molar-refractivity contribution in [2.75, 3.05) is 5.73 Å². The lowest BCUT2D eigenvalue weighted by atomic mass is 10.0. The van der Waals surface area contributed by atoms with E-state index in [-0.39, 0.29) is 6.04 Å². The van der Waals surface area contributed by atoms with Crippen molar-refractivity contribution < 1.29 is 0 Å². The second-order valence-electron chi connectivity index (χ2n) is 6.56. The third-order valence-electron chi connectivity index (χ3n) is 4.94. The third kappa shape index (κ3) is 2.51. The van der Waals surface area contributed by atoms with Crippen molar-refractivity contribution in [1.82, 2.24) is 29.1 Å². The van der Waals surface area contributed by atoms with E-state index < -0.39 is 0 Å². The summed E-state index contributed by atoms with van der Waals surface area (Å²) in [6.07, 6.45) is 5.05. The average molecular weight is 390 g/mol. The van der Waals surface area contributed by atoms with Crippen LogP contribution in [-0.4, -0.2) is 29.1 Å². The number of hydrogen-bond donors (Lipinski definition) is 1. The number of rotatable bonds is 3. The Labute approximate surface area is 165 Å². The maximum absolute atomic E-state index is 6.26. The Morgan fingerprint density at radius 3 is 2.71 bits per heavy atom. The molecule has 5 aromatic rings. The van der Waals surface area contributed by atoms with E-state index in [0.717, 1.165) is 27.9 Å². The molecule has 1 unspecified atom stereocenters. The largest absolute Gasteiger partial charge is 0.383 e. The lowest BCUT2D eigenvalue weighted by molar-refractivity contribution is 0.653. The molecule has 0 fully saturated rings. The Morgan fingerprint density at radius 2 is 1.89 bits per heavy atom. The molecule has 0 amide bonds.